The molecule has 0 fully saturated rings. The van der Waals surface area contributed by atoms with Crippen molar-refractivity contribution in [2.24, 2.45) is 0 Å². The molecule has 0 bridgehead atoms. The molecule has 0 saturated carbocycles. The normalized spacial score (nSPS) is 14.6. The van der Waals surface area contributed by atoms with Crippen LogP contribution in [0.15, 0.2) is 29.1 Å². The second-order valence-electron chi connectivity index (χ2n) is 9.72. The van der Waals surface area contributed by atoms with Crippen molar-refractivity contribution in [2.45, 2.75) is 58.0 Å². The molecule has 40 heavy (non-hydrogen) atoms. The Labute approximate surface area is 235 Å². The maximum absolute atomic E-state index is 13.6. The summed E-state index contributed by atoms with van der Waals surface area (Å²) in [6.07, 6.45) is 3.46. The van der Waals surface area contributed by atoms with Gasteiger partial charge in [-0.2, -0.15) is 0 Å². The van der Waals surface area contributed by atoms with Crippen LogP contribution in [0.5, 0.6) is 17.2 Å². The predicted molar refractivity (Wildman–Crippen MR) is 155 cm³/mol. The van der Waals surface area contributed by atoms with Crippen molar-refractivity contribution in [1.82, 2.24) is 10.6 Å². The minimum absolute atomic E-state index is 0.196. The number of benzene rings is 1. The zero-order valence-electron chi connectivity index (χ0n) is 24.3. The molecule has 10 nitrogen and oxygen atoms in total. The van der Waals surface area contributed by atoms with Crippen LogP contribution in [-0.4, -0.2) is 59.4 Å². The average molecular weight is 556 g/mol. The molecule has 0 aliphatic heterocycles. The van der Waals surface area contributed by atoms with Crippen LogP contribution in [0.1, 0.15) is 56.7 Å². The van der Waals surface area contributed by atoms with Crippen LogP contribution in [-0.2, 0) is 20.7 Å². The topological polar surface area (TPSA) is 124 Å². The van der Waals surface area contributed by atoms with Crippen LogP contribution < -0.4 is 35.6 Å². The Kier molecular flexibility index (Phi) is 11.2. The molecule has 0 saturated heterocycles. The highest BCUT2D eigenvalue weighted by Gasteiger charge is 2.29. The lowest BCUT2D eigenvalue weighted by atomic mass is 9.95. The average Bonchev–Trinajstić information content (AvgIpc) is 3.18. The van der Waals surface area contributed by atoms with Crippen molar-refractivity contribution in [3.8, 4) is 28.4 Å². The van der Waals surface area contributed by atoms with E-state index in [4.69, 9.17) is 18.9 Å². The monoisotopic (exact) mass is 555 g/mol. The Hall–Kier alpha value is -3.79. The molecule has 0 heterocycles. The number of amides is 2. The second-order valence-corrected chi connectivity index (χ2v) is 9.72. The van der Waals surface area contributed by atoms with Gasteiger partial charge in [-0.25, -0.2) is 0 Å². The minimum atomic E-state index is -0.593. The molecule has 1 aliphatic rings. The van der Waals surface area contributed by atoms with Crippen molar-refractivity contribution >= 4 is 17.5 Å². The van der Waals surface area contributed by atoms with Gasteiger partial charge < -0.3 is 34.9 Å². The van der Waals surface area contributed by atoms with Gasteiger partial charge in [-0.1, -0.05) is 25.8 Å². The highest BCUT2D eigenvalue weighted by Crippen LogP contribution is 2.50. The minimum Gasteiger partial charge on any atom is -0.493 e. The van der Waals surface area contributed by atoms with Crippen LogP contribution in [0.4, 0.5) is 5.69 Å². The molecule has 218 valence electrons. The van der Waals surface area contributed by atoms with Gasteiger partial charge in [0, 0.05) is 26.1 Å². The van der Waals surface area contributed by atoms with Crippen molar-refractivity contribution in [1.29, 1.82) is 0 Å². The van der Waals surface area contributed by atoms with Crippen LogP contribution in [0, 0.1) is 0 Å². The van der Waals surface area contributed by atoms with Crippen molar-refractivity contribution in [3.63, 3.8) is 0 Å². The van der Waals surface area contributed by atoms with Gasteiger partial charge in [0.2, 0.25) is 23.0 Å². The van der Waals surface area contributed by atoms with E-state index in [-0.39, 0.29) is 17.2 Å². The fraction of sp³-hybridized carbons (Fsp3) is 0.500. The summed E-state index contributed by atoms with van der Waals surface area (Å²) in [5.74, 6) is 1.05. The third-order valence-electron chi connectivity index (χ3n) is 7.01. The molecule has 3 rings (SSSR count). The van der Waals surface area contributed by atoms with Gasteiger partial charge in [-0.15, -0.1) is 0 Å². The molecule has 1 aliphatic carbocycles. The molecule has 2 aromatic carbocycles. The lowest BCUT2D eigenvalue weighted by Crippen LogP contribution is -2.41. The van der Waals surface area contributed by atoms with E-state index in [0.717, 1.165) is 29.5 Å². The SMILES string of the molecule is CCCCC(Nc1ccc2c(cc1=O)[C@@H](NC(C)=O)CCc1cc(OC)c(OC)c(OC)c1-2)C(=O)NCCOC. The van der Waals surface area contributed by atoms with E-state index in [0.29, 0.717) is 60.9 Å². The number of methoxy groups -OCH3 is 4. The Bertz CT molecular complexity index is 1260. The maximum atomic E-state index is 13.6. The number of ether oxygens (including phenoxy) is 4. The molecule has 10 heteroatoms. The Balaban J connectivity index is 2.19. The van der Waals surface area contributed by atoms with Crippen LogP contribution in [0.2, 0.25) is 0 Å². The second kappa shape index (κ2) is 14.6. The Morgan fingerprint density at radius 2 is 1.80 bits per heavy atom. The highest BCUT2D eigenvalue weighted by atomic mass is 16.5. The Morgan fingerprint density at radius 3 is 2.42 bits per heavy atom. The van der Waals surface area contributed by atoms with Crippen LogP contribution in [0.3, 0.4) is 0 Å². The maximum Gasteiger partial charge on any atom is 0.242 e. The molecule has 2 amide bonds. The van der Waals surface area contributed by atoms with Crippen molar-refractivity contribution in [2.75, 3.05) is 46.9 Å². The summed E-state index contributed by atoms with van der Waals surface area (Å²) in [7, 11) is 6.24. The largest absolute Gasteiger partial charge is 0.493 e. The number of carbonyl (C=O) groups excluding carboxylic acids is 2. The summed E-state index contributed by atoms with van der Waals surface area (Å²) >= 11 is 0. The number of hydrogen-bond acceptors (Lipinski definition) is 8. The van der Waals surface area contributed by atoms with E-state index < -0.39 is 12.1 Å². The number of unbranched alkanes of at least 4 members (excludes halogenated alkanes) is 1. The number of anilines is 1. The lowest BCUT2D eigenvalue weighted by Gasteiger charge is -2.19. The third kappa shape index (κ3) is 7.04. The van der Waals surface area contributed by atoms with E-state index in [1.165, 1.54) is 6.92 Å². The van der Waals surface area contributed by atoms with E-state index >= 15 is 0 Å². The van der Waals surface area contributed by atoms with Crippen LogP contribution in [0.25, 0.3) is 11.1 Å². The van der Waals surface area contributed by atoms with Gasteiger partial charge in [0.25, 0.3) is 0 Å². The zero-order chi connectivity index (χ0) is 29.2. The van der Waals surface area contributed by atoms with Crippen molar-refractivity contribution < 1.29 is 28.5 Å². The molecule has 2 aromatic rings. The Morgan fingerprint density at radius 1 is 1.05 bits per heavy atom. The number of nitrogens with one attached hydrogen (secondary N) is 3. The van der Waals surface area contributed by atoms with E-state index in [1.54, 1.807) is 40.6 Å². The van der Waals surface area contributed by atoms with Crippen molar-refractivity contribution in [3.05, 3.63) is 45.6 Å². The first-order valence-electron chi connectivity index (χ1n) is 13.6. The lowest BCUT2D eigenvalue weighted by molar-refractivity contribution is -0.122. The molecule has 0 radical (unpaired) electrons. The first-order valence-corrected chi connectivity index (χ1v) is 13.6. The van der Waals surface area contributed by atoms with E-state index in [2.05, 4.69) is 22.9 Å². The van der Waals surface area contributed by atoms with Gasteiger partial charge in [0.1, 0.15) is 6.04 Å². The number of aryl methyl sites for hydroxylation is 1. The summed E-state index contributed by atoms with van der Waals surface area (Å²) in [6.45, 7) is 4.28. The number of rotatable bonds is 13. The summed E-state index contributed by atoms with van der Waals surface area (Å²) in [6, 6.07) is 5.98. The molecule has 2 atom stereocenters. The number of carbonyl (C=O) groups is 2. The summed E-state index contributed by atoms with van der Waals surface area (Å²) in [5.41, 5.74) is 3.10. The summed E-state index contributed by atoms with van der Waals surface area (Å²) < 4.78 is 22.1. The predicted octanol–water partition coefficient (Wildman–Crippen LogP) is 3.60. The van der Waals surface area contributed by atoms with Crippen LogP contribution >= 0.6 is 0 Å². The highest BCUT2D eigenvalue weighted by molar-refractivity contribution is 5.86. The molecular weight excluding hydrogens is 514 g/mol. The van der Waals surface area contributed by atoms with E-state index in [9.17, 15) is 14.4 Å². The molecule has 0 aromatic heterocycles. The quantitative estimate of drug-likeness (QED) is 0.321. The molecule has 0 spiro atoms. The van der Waals surface area contributed by atoms with Gasteiger partial charge >= 0.3 is 0 Å². The fourth-order valence-corrected chi connectivity index (χ4v) is 5.09. The molecule has 1 unspecified atom stereocenters. The molecule has 3 N–H and O–H groups in total. The summed E-state index contributed by atoms with van der Waals surface area (Å²) in [4.78, 5) is 38.7. The van der Waals surface area contributed by atoms with Gasteiger partial charge in [0.15, 0.2) is 11.5 Å². The standard InChI is InChI=1S/C30H41N3O7/c1-7-8-9-24(30(36)31-14-15-37-3)33-23-13-11-20-21(17-25(23)35)22(32-18(2)34)12-10-19-16-26(38-4)28(39-5)29(40-6)27(19)20/h11,13,16-17,22,24H,7-10,12,14-15H2,1-6H3,(H,31,36)(H,32,34)(H,33,35)/t22-,24?/m0/s1. The number of hydrogen-bond donors (Lipinski definition) is 3. The fourth-order valence-electron chi connectivity index (χ4n) is 5.09. The van der Waals surface area contributed by atoms with Gasteiger partial charge in [0.05, 0.1) is 39.7 Å². The van der Waals surface area contributed by atoms with Gasteiger partial charge in [-0.3, -0.25) is 14.4 Å². The zero-order valence-corrected chi connectivity index (χ0v) is 24.3. The first kappa shape index (κ1) is 30.7. The number of fused-ring (bicyclic) bond motifs is 3. The molecular formula is C30H41N3O7. The third-order valence-corrected chi connectivity index (χ3v) is 7.01. The van der Waals surface area contributed by atoms with Gasteiger partial charge in [-0.05, 0) is 54.2 Å². The smallest absolute Gasteiger partial charge is 0.242 e. The first-order chi connectivity index (χ1) is 19.3. The summed E-state index contributed by atoms with van der Waals surface area (Å²) in [5, 5.41) is 9.06. The van der Waals surface area contributed by atoms with E-state index in [1.807, 2.05) is 12.1 Å².